The Labute approximate surface area is 128 Å². The number of hydrogen-bond donors (Lipinski definition) is 1. The van der Waals surface area contributed by atoms with Gasteiger partial charge in [0.15, 0.2) is 5.82 Å². The first-order valence-corrected chi connectivity index (χ1v) is 7.38. The third-order valence-corrected chi connectivity index (χ3v) is 3.96. The van der Waals surface area contributed by atoms with Gasteiger partial charge in [-0.05, 0) is 37.5 Å². The Morgan fingerprint density at radius 3 is 2.67 bits per heavy atom. The second kappa shape index (κ2) is 5.66. The lowest BCUT2D eigenvalue weighted by atomic mass is 10.1. The van der Waals surface area contributed by atoms with Gasteiger partial charge < -0.3 is 10.6 Å². The minimum Gasteiger partial charge on any atom is -0.382 e. The first kappa shape index (κ1) is 13.8. The van der Waals surface area contributed by atoms with Crippen LogP contribution in [-0.4, -0.2) is 22.9 Å². The van der Waals surface area contributed by atoms with Crippen LogP contribution in [0.25, 0.3) is 5.69 Å². The van der Waals surface area contributed by atoms with Gasteiger partial charge in [0.25, 0.3) is 0 Å². The molecule has 1 aliphatic heterocycles. The van der Waals surface area contributed by atoms with E-state index in [1.54, 1.807) is 16.8 Å². The van der Waals surface area contributed by atoms with E-state index in [0.29, 0.717) is 22.2 Å². The van der Waals surface area contributed by atoms with Gasteiger partial charge in [0.1, 0.15) is 17.5 Å². The minimum absolute atomic E-state index is 0.361. The molecular formula is C15H16ClN5. The topological polar surface area (TPSA) is 70.9 Å². The molecule has 0 aliphatic carbocycles. The summed E-state index contributed by atoms with van der Waals surface area (Å²) in [6.07, 6.45) is 3.46. The minimum atomic E-state index is 0.361. The van der Waals surface area contributed by atoms with Crippen molar-refractivity contribution >= 4 is 23.2 Å². The molecule has 2 aromatic rings. The summed E-state index contributed by atoms with van der Waals surface area (Å²) in [6.45, 7) is 1.83. The van der Waals surface area contributed by atoms with Crippen LogP contribution in [0.5, 0.6) is 0 Å². The lowest BCUT2D eigenvalue weighted by Gasteiger charge is -2.26. The van der Waals surface area contributed by atoms with Gasteiger partial charge in [-0.1, -0.05) is 17.7 Å². The third-order valence-electron chi connectivity index (χ3n) is 3.72. The van der Waals surface area contributed by atoms with Crippen LogP contribution in [0.1, 0.15) is 24.8 Å². The van der Waals surface area contributed by atoms with Crippen LogP contribution >= 0.6 is 11.6 Å². The first-order chi connectivity index (χ1) is 10.2. The number of nitrogens with two attached hydrogens (primary N) is 1. The van der Waals surface area contributed by atoms with Gasteiger partial charge in [0.05, 0.1) is 5.69 Å². The van der Waals surface area contributed by atoms with Crippen molar-refractivity contribution in [3.05, 3.63) is 34.9 Å². The normalized spacial score (nSPS) is 15.0. The molecule has 2 N–H and O–H groups in total. The second-order valence-electron chi connectivity index (χ2n) is 5.14. The van der Waals surface area contributed by atoms with E-state index in [4.69, 9.17) is 17.3 Å². The number of piperidine rings is 1. The molecule has 1 saturated heterocycles. The fourth-order valence-corrected chi connectivity index (χ4v) is 2.84. The fraction of sp³-hybridized carbons (Fsp3) is 0.333. The van der Waals surface area contributed by atoms with Crippen molar-refractivity contribution in [2.24, 2.45) is 0 Å². The van der Waals surface area contributed by atoms with Crippen molar-refractivity contribution < 1.29 is 0 Å². The molecule has 1 fully saturated rings. The summed E-state index contributed by atoms with van der Waals surface area (Å²) >= 11 is 6.02. The molecule has 1 aromatic carbocycles. The Hall–Kier alpha value is -2.19. The van der Waals surface area contributed by atoms with Crippen LogP contribution in [0.3, 0.4) is 0 Å². The van der Waals surface area contributed by atoms with E-state index in [9.17, 15) is 5.26 Å². The summed E-state index contributed by atoms with van der Waals surface area (Å²) in [6, 6.07) is 9.47. The van der Waals surface area contributed by atoms with E-state index in [-0.39, 0.29) is 0 Å². The molecule has 21 heavy (non-hydrogen) atoms. The fourth-order valence-electron chi connectivity index (χ4n) is 2.66. The number of benzene rings is 1. The molecule has 0 atom stereocenters. The smallest absolute Gasteiger partial charge is 0.171 e. The maximum absolute atomic E-state index is 9.41. The number of hydrogen-bond acceptors (Lipinski definition) is 4. The summed E-state index contributed by atoms with van der Waals surface area (Å²) in [7, 11) is 0. The highest BCUT2D eigenvalue weighted by Gasteiger charge is 2.22. The average Bonchev–Trinajstić information content (AvgIpc) is 2.85. The molecule has 0 bridgehead atoms. The van der Waals surface area contributed by atoms with E-state index in [1.807, 2.05) is 12.1 Å². The average molecular weight is 302 g/mol. The van der Waals surface area contributed by atoms with Gasteiger partial charge in [-0.15, -0.1) is 5.10 Å². The van der Waals surface area contributed by atoms with Gasteiger partial charge in [-0.2, -0.15) is 5.26 Å². The number of anilines is 2. The van der Waals surface area contributed by atoms with Crippen molar-refractivity contribution in [1.82, 2.24) is 9.78 Å². The number of nitrogen functional groups attached to an aromatic ring is 1. The van der Waals surface area contributed by atoms with Crippen molar-refractivity contribution in [3.8, 4) is 11.8 Å². The highest BCUT2D eigenvalue weighted by molar-refractivity contribution is 6.30. The Kier molecular flexibility index (Phi) is 3.72. The third kappa shape index (κ3) is 2.55. The molecular weight excluding hydrogens is 286 g/mol. The van der Waals surface area contributed by atoms with Crippen molar-refractivity contribution in [2.45, 2.75) is 19.3 Å². The second-order valence-corrected chi connectivity index (χ2v) is 5.57. The number of halogens is 1. The quantitative estimate of drug-likeness (QED) is 0.925. The van der Waals surface area contributed by atoms with E-state index >= 15 is 0 Å². The molecule has 2 heterocycles. The highest BCUT2D eigenvalue weighted by atomic mass is 35.5. The van der Waals surface area contributed by atoms with Crippen LogP contribution in [-0.2, 0) is 0 Å². The molecule has 3 rings (SSSR count). The van der Waals surface area contributed by atoms with Crippen LogP contribution < -0.4 is 10.6 Å². The molecule has 0 saturated carbocycles. The Morgan fingerprint density at radius 2 is 2.00 bits per heavy atom. The molecule has 108 valence electrons. The van der Waals surface area contributed by atoms with Crippen molar-refractivity contribution in [2.75, 3.05) is 23.7 Å². The predicted octanol–water partition coefficient (Wildman–Crippen LogP) is 2.97. The van der Waals surface area contributed by atoms with Crippen LogP contribution in [0.4, 0.5) is 11.6 Å². The molecule has 0 amide bonds. The number of nitrogens with zero attached hydrogens (tertiary/aromatic N) is 4. The van der Waals surface area contributed by atoms with Crippen LogP contribution in [0, 0.1) is 11.3 Å². The standard InChI is InChI=1S/C15H16ClN5/c16-11-5-4-6-12(9-11)21-14(18)13(10-17)15(19-21)20-7-2-1-3-8-20/h4-6,9H,1-3,7-8,18H2. The van der Waals surface area contributed by atoms with Gasteiger partial charge in [0, 0.05) is 18.1 Å². The largest absolute Gasteiger partial charge is 0.382 e. The van der Waals surface area contributed by atoms with E-state index in [2.05, 4.69) is 16.1 Å². The zero-order valence-electron chi connectivity index (χ0n) is 11.6. The molecule has 0 radical (unpaired) electrons. The predicted molar refractivity (Wildman–Crippen MR) is 83.8 cm³/mol. The van der Waals surface area contributed by atoms with Gasteiger partial charge in [-0.3, -0.25) is 0 Å². The van der Waals surface area contributed by atoms with E-state index in [0.717, 1.165) is 31.6 Å². The Morgan fingerprint density at radius 1 is 1.24 bits per heavy atom. The van der Waals surface area contributed by atoms with E-state index < -0.39 is 0 Å². The maximum Gasteiger partial charge on any atom is 0.171 e. The summed E-state index contributed by atoms with van der Waals surface area (Å²) in [5.41, 5.74) is 7.32. The first-order valence-electron chi connectivity index (χ1n) is 7.00. The highest BCUT2D eigenvalue weighted by Crippen LogP contribution is 2.29. The Balaban J connectivity index is 2.07. The SMILES string of the molecule is N#Cc1c(N2CCCCC2)nn(-c2cccc(Cl)c2)c1N. The zero-order valence-corrected chi connectivity index (χ0v) is 12.3. The molecule has 6 heteroatoms. The molecule has 1 aromatic heterocycles. The van der Waals surface area contributed by atoms with Gasteiger partial charge in [0.2, 0.25) is 0 Å². The summed E-state index contributed by atoms with van der Waals surface area (Å²) < 4.78 is 1.59. The van der Waals surface area contributed by atoms with E-state index in [1.165, 1.54) is 6.42 Å². The van der Waals surface area contributed by atoms with Gasteiger partial charge in [-0.25, -0.2) is 4.68 Å². The summed E-state index contributed by atoms with van der Waals surface area (Å²) in [4.78, 5) is 2.14. The zero-order chi connectivity index (χ0) is 14.8. The maximum atomic E-state index is 9.41. The lowest BCUT2D eigenvalue weighted by Crippen LogP contribution is -2.30. The van der Waals surface area contributed by atoms with Crippen molar-refractivity contribution in [1.29, 1.82) is 5.26 Å². The van der Waals surface area contributed by atoms with Gasteiger partial charge >= 0.3 is 0 Å². The molecule has 0 unspecified atom stereocenters. The molecule has 1 aliphatic rings. The van der Waals surface area contributed by atoms with Crippen molar-refractivity contribution in [3.63, 3.8) is 0 Å². The monoisotopic (exact) mass is 301 g/mol. The summed E-state index contributed by atoms with van der Waals surface area (Å²) in [5.74, 6) is 1.04. The van der Waals surface area contributed by atoms with Crippen LogP contribution in [0.2, 0.25) is 5.02 Å². The van der Waals surface area contributed by atoms with Crippen LogP contribution in [0.15, 0.2) is 24.3 Å². The molecule has 5 nitrogen and oxygen atoms in total. The molecule has 0 spiro atoms. The number of aromatic nitrogens is 2. The summed E-state index contributed by atoms with van der Waals surface area (Å²) in [5, 5.41) is 14.6. The lowest BCUT2D eigenvalue weighted by molar-refractivity contribution is 0.571. The number of rotatable bonds is 2. The Bertz CT molecular complexity index is 695. The number of nitriles is 1.